The van der Waals surface area contributed by atoms with Gasteiger partial charge < -0.3 is 10.4 Å². The molecule has 0 radical (unpaired) electrons. The van der Waals surface area contributed by atoms with Gasteiger partial charge in [-0.15, -0.1) is 0 Å². The molecule has 0 aliphatic heterocycles. The average Bonchev–Trinajstić information content (AvgIpc) is 2.36. The lowest BCUT2D eigenvalue weighted by molar-refractivity contribution is 0.102. The Morgan fingerprint density at radius 3 is 2.16 bits per heavy atom. The van der Waals surface area contributed by atoms with Crippen LogP contribution in [0.2, 0.25) is 10.0 Å². The van der Waals surface area contributed by atoms with Gasteiger partial charge in [0.1, 0.15) is 5.82 Å². The molecule has 1 amide bonds. The zero-order valence-corrected chi connectivity index (χ0v) is 11.0. The Hall–Kier alpha value is -1.78. The van der Waals surface area contributed by atoms with Crippen molar-refractivity contribution >= 4 is 34.8 Å². The number of carbonyl (C=O) groups is 1. The SMILES string of the molecule is O=C(Nc1cc(Cl)c(O)c(Cl)c1)c1ccc(F)cc1. The quantitative estimate of drug-likeness (QED) is 0.821. The molecule has 0 saturated heterocycles. The van der Waals surface area contributed by atoms with E-state index >= 15 is 0 Å². The van der Waals surface area contributed by atoms with Gasteiger partial charge in [-0.2, -0.15) is 0 Å². The van der Waals surface area contributed by atoms with Crippen LogP contribution in [0.4, 0.5) is 10.1 Å². The largest absolute Gasteiger partial charge is 0.505 e. The van der Waals surface area contributed by atoms with E-state index in [2.05, 4.69) is 5.32 Å². The third kappa shape index (κ3) is 3.16. The second kappa shape index (κ2) is 5.47. The van der Waals surface area contributed by atoms with Gasteiger partial charge in [0.15, 0.2) is 5.75 Å². The maximum atomic E-state index is 12.7. The third-order valence-corrected chi connectivity index (χ3v) is 2.96. The zero-order valence-electron chi connectivity index (χ0n) is 9.45. The first-order valence-electron chi connectivity index (χ1n) is 5.22. The summed E-state index contributed by atoms with van der Waals surface area (Å²) in [4.78, 5) is 11.9. The van der Waals surface area contributed by atoms with Gasteiger partial charge in [-0.1, -0.05) is 23.2 Å². The summed E-state index contributed by atoms with van der Waals surface area (Å²) in [6.45, 7) is 0. The molecule has 2 aromatic carbocycles. The van der Waals surface area contributed by atoms with E-state index in [-0.39, 0.29) is 15.8 Å². The molecule has 0 saturated carbocycles. The van der Waals surface area contributed by atoms with Gasteiger partial charge in [-0.05, 0) is 36.4 Å². The highest BCUT2D eigenvalue weighted by Crippen LogP contribution is 2.34. The highest BCUT2D eigenvalue weighted by Gasteiger charge is 2.10. The first-order valence-corrected chi connectivity index (χ1v) is 5.98. The Bertz CT molecular complexity index is 606. The van der Waals surface area contributed by atoms with E-state index in [9.17, 15) is 14.3 Å². The first kappa shape index (κ1) is 13.6. The van der Waals surface area contributed by atoms with Gasteiger partial charge in [0.25, 0.3) is 5.91 Å². The normalized spacial score (nSPS) is 10.3. The van der Waals surface area contributed by atoms with Crippen molar-refractivity contribution in [3.8, 4) is 5.75 Å². The van der Waals surface area contributed by atoms with Crippen LogP contribution in [-0.2, 0) is 0 Å². The highest BCUT2D eigenvalue weighted by molar-refractivity contribution is 6.37. The van der Waals surface area contributed by atoms with Crippen LogP contribution in [-0.4, -0.2) is 11.0 Å². The molecule has 3 nitrogen and oxygen atoms in total. The van der Waals surface area contributed by atoms with Gasteiger partial charge in [0.2, 0.25) is 0 Å². The standard InChI is InChI=1S/C13H8Cl2FNO2/c14-10-5-9(6-11(15)12(10)18)17-13(19)7-1-3-8(16)4-2-7/h1-6,18H,(H,17,19). The molecular weight excluding hydrogens is 292 g/mol. The molecular formula is C13H8Cl2FNO2. The molecule has 0 aliphatic rings. The summed E-state index contributed by atoms with van der Waals surface area (Å²) in [6.07, 6.45) is 0. The monoisotopic (exact) mass is 299 g/mol. The first-order chi connectivity index (χ1) is 8.97. The minimum atomic E-state index is -0.433. The van der Waals surface area contributed by atoms with Crippen molar-refractivity contribution < 1.29 is 14.3 Å². The molecule has 0 heterocycles. The van der Waals surface area contributed by atoms with E-state index in [0.717, 1.165) is 0 Å². The summed E-state index contributed by atoms with van der Waals surface area (Å²) < 4.78 is 12.7. The number of hydrogen-bond acceptors (Lipinski definition) is 2. The minimum absolute atomic E-state index is 0.0295. The van der Waals surface area contributed by atoms with Crippen LogP contribution in [0.25, 0.3) is 0 Å². The molecule has 0 atom stereocenters. The van der Waals surface area contributed by atoms with E-state index in [1.165, 1.54) is 36.4 Å². The number of carbonyl (C=O) groups excluding carboxylic acids is 1. The number of nitrogens with one attached hydrogen (secondary N) is 1. The Kier molecular flexibility index (Phi) is 3.93. The molecule has 0 bridgehead atoms. The minimum Gasteiger partial charge on any atom is -0.505 e. The predicted molar refractivity (Wildman–Crippen MR) is 72.5 cm³/mol. The van der Waals surface area contributed by atoms with Crippen LogP contribution in [0.5, 0.6) is 5.75 Å². The zero-order chi connectivity index (χ0) is 14.0. The van der Waals surface area contributed by atoms with Crippen LogP contribution < -0.4 is 5.32 Å². The van der Waals surface area contributed by atoms with Crippen molar-refractivity contribution in [2.75, 3.05) is 5.32 Å². The highest BCUT2D eigenvalue weighted by atomic mass is 35.5. The number of phenolic OH excluding ortho intramolecular Hbond substituents is 1. The Morgan fingerprint density at radius 1 is 1.11 bits per heavy atom. The molecule has 2 N–H and O–H groups in total. The molecule has 6 heteroatoms. The Balaban J connectivity index is 2.22. The van der Waals surface area contributed by atoms with Crippen LogP contribution in [0, 0.1) is 5.82 Å². The molecule has 2 aromatic rings. The van der Waals surface area contributed by atoms with Crippen molar-refractivity contribution in [1.29, 1.82) is 0 Å². The number of hydrogen-bond donors (Lipinski definition) is 2. The smallest absolute Gasteiger partial charge is 0.255 e. The number of anilines is 1. The molecule has 19 heavy (non-hydrogen) atoms. The Morgan fingerprint density at radius 2 is 1.63 bits per heavy atom. The maximum absolute atomic E-state index is 12.7. The third-order valence-electron chi connectivity index (χ3n) is 2.38. The topological polar surface area (TPSA) is 49.3 Å². The van der Waals surface area contributed by atoms with Crippen LogP contribution in [0.1, 0.15) is 10.4 Å². The molecule has 0 fully saturated rings. The van der Waals surface area contributed by atoms with E-state index in [1.54, 1.807) is 0 Å². The molecule has 0 aromatic heterocycles. The second-order valence-electron chi connectivity index (χ2n) is 3.75. The average molecular weight is 300 g/mol. The summed E-state index contributed by atoms with van der Waals surface area (Å²) in [5.41, 5.74) is 0.629. The van der Waals surface area contributed by atoms with Crippen molar-refractivity contribution in [1.82, 2.24) is 0 Å². The summed E-state index contributed by atoms with van der Waals surface area (Å²) in [5.74, 6) is -1.10. The van der Waals surface area contributed by atoms with E-state index < -0.39 is 11.7 Å². The molecule has 0 unspecified atom stereocenters. The van der Waals surface area contributed by atoms with Crippen LogP contribution in [0.15, 0.2) is 36.4 Å². The van der Waals surface area contributed by atoms with Gasteiger partial charge >= 0.3 is 0 Å². The number of benzene rings is 2. The molecule has 98 valence electrons. The van der Waals surface area contributed by atoms with Crippen LogP contribution in [0.3, 0.4) is 0 Å². The Labute approximate surface area is 118 Å². The van der Waals surface area contributed by atoms with Gasteiger partial charge in [-0.3, -0.25) is 4.79 Å². The van der Waals surface area contributed by atoms with E-state index in [1.807, 2.05) is 0 Å². The fourth-order valence-corrected chi connectivity index (χ4v) is 1.93. The lowest BCUT2D eigenvalue weighted by atomic mass is 10.2. The van der Waals surface area contributed by atoms with E-state index in [4.69, 9.17) is 23.2 Å². The lowest BCUT2D eigenvalue weighted by Crippen LogP contribution is -2.11. The summed E-state index contributed by atoms with van der Waals surface area (Å²) >= 11 is 11.5. The van der Waals surface area contributed by atoms with Crippen molar-refractivity contribution in [2.45, 2.75) is 0 Å². The fraction of sp³-hybridized carbons (Fsp3) is 0. The molecule has 2 rings (SSSR count). The number of halogens is 3. The van der Waals surface area contributed by atoms with Gasteiger partial charge in [-0.25, -0.2) is 4.39 Å². The van der Waals surface area contributed by atoms with Crippen molar-refractivity contribution in [2.24, 2.45) is 0 Å². The lowest BCUT2D eigenvalue weighted by Gasteiger charge is -2.08. The number of aromatic hydroxyl groups is 1. The fourth-order valence-electron chi connectivity index (χ4n) is 1.44. The van der Waals surface area contributed by atoms with Crippen molar-refractivity contribution in [3.63, 3.8) is 0 Å². The summed E-state index contributed by atoms with van der Waals surface area (Å²) in [7, 11) is 0. The van der Waals surface area contributed by atoms with Crippen LogP contribution >= 0.6 is 23.2 Å². The predicted octanol–water partition coefficient (Wildman–Crippen LogP) is 4.09. The number of phenols is 1. The summed E-state index contributed by atoms with van der Waals surface area (Å²) in [6, 6.07) is 7.81. The van der Waals surface area contributed by atoms with E-state index in [0.29, 0.717) is 11.3 Å². The summed E-state index contributed by atoms with van der Waals surface area (Å²) in [5, 5.41) is 12.0. The van der Waals surface area contributed by atoms with Gasteiger partial charge in [0.05, 0.1) is 10.0 Å². The second-order valence-corrected chi connectivity index (χ2v) is 4.56. The van der Waals surface area contributed by atoms with Gasteiger partial charge in [0, 0.05) is 11.3 Å². The van der Waals surface area contributed by atoms with Crippen molar-refractivity contribution in [3.05, 3.63) is 57.8 Å². The number of amides is 1. The molecule has 0 aliphatic carbocycles. The maximum Gasteiger partial charge on any atom is 0.255 e. The molecule has 0 spiro atoms. The number of rotatable bonds is 2.